The van der Waals surface area contributed by atoms with Crippen molar-refractivity contribution in [3.05, 3.63) is 17.6 Å². The van der Waals surface area contributed by atoms with Crippen LogP contribution < -0.4 is 10.2 Å². The molecule has 2 amide bonds. The Morgan fingerprint density at radius 3 is 2.65 bits per heavy atom. The first-order valence-electron chi connectivity index (χ1n) is 11.8. The number of ether oxygens (including phenoxy) is 1. The molecule has 8 nitrogen and oxygen atoms in total. The standard InChI is InChI=1S/C23H35N5O3/c1-3-27-12-10-18-19(11-13-27)26-21(15-24-18)28-20(14-25-23(28)30)17-7-4-16(5-8-17)6-9-22(29)31-2/h15-17,20H,3-14H2,1-2H3,(H,25,30)/t16-,17-,20?. The maximum absolute atomic E-state index is 12.7. The quantitative estimate of drug-likeness (QED) is 0.700. The van der Waals surface area contributed by atoms with Gasteiger partial charge in [0.1, 0.15) is 0 Å². The van der Waals surface area contributed by atoms with Crippen molar-refractivity contribution in [2.75, 3.05) is 38.2 Å². The van der Waals surface area contributed by atoms with Gasteiger partial charge in [-0.05, 0) is 37.6 Å². The molecule has 1 aliphatic carbocycles. The van der Waals surface area contributed by atoms with Crippen LogP contribution in [0.2, 0.25) is 0 Å². The van der Waals surface area contributed by atoms with Gasteiger partial charge in [-0.3, -0.25) is 14.7 Å². The summed E-state index contributed by atoms with van der Waals surface area (Å²) in [5, 5.41) is 3.03. The monoisotopic (exact) mass is 429 g/mol. The minimum atomic E-state index is -0.122. The first kappa shape index (κ1) is 22.0. The highest BCUT2D eigenvalue weighted by Gasteiger charge is 2.40. The van der Waals surface area contributed by atoms with Gasteiger partial charge in [0.25, 0.3) is 0 Å². The SMILES string of the molecule is CCN1CCc2ncc(N3C(=O)NCC3[C@H]3CC[C@H](CCC(=O)OC)CC3)nc2CC1. The van der Waals surface area contributed by atoms with Crippen LogP contribution in [0.15, 0.2) is 6.20 Å². The molecule has 1 unspecified atom stereocenters. The van der Waals surface area contributed by atoms with Gasteiger partial charge in [0.05, 0.1) is 30.7 Å². The highest BCUT2D eigenvalue weighted by Crippen LogP contribution is 2.37. The molecule has 0 aromatic carbocycles. The number of hydrogen-bond acceptors (Lipinski definition) is 6. The third kappa shape index (κ3) is 5.00. The number of fused-ring (bicyclic) bond motifs is 1. The predicted octanol–water partition coefficient (Wildman–Crippen LogP) is 2.55. The van der Waals surface area contributed by atoms with Gasteiger partial charge >= 0.3 is 12.0 Å². The molecule has 3 heterocycles. The Bertz CT molecular complexity index is 793. The highest BCUT2D eigenvalue weighted by atomic mass is 16.5. The summed E-state index contributed by atoms with van der Waals surface area (Å²) in [6, 6.07) is 0.0650. The Kier molecular flexibility index (Phi) is 7.05. The number of carbonyl (C=O) groups excluding carboxylic acids is 2. The van der Waals surface area contributed by atoms with Crippen molar-refractivity contribution < 1.29 is 14.3 Å². The molecule has 2 aliphatic heterocycles. The number of anilines is 1. The first-order valence-corrected chi connectivity index (χ1v) is 11.8. The van der Waals surface area contributed by atoms with Gasteiger partial charge in [-0.1, -0.05) is 19.8 Å². The second kappa shape index (κ2) is 9.94. The maximum Gasteiger partial charge on any atom is 0.323 e. The van der Waals surface area contributed by atoms with Crippen molar-refractivity contribution in [1.82, 2.24) is 20.2 Å². The van der Waals surface area contributed by atoms with Crippen LogP contribution in [-0.4, -0.2) is 66.2 Å². The number of nitrogens with zero attached hydrogens (tertiary/aromatic N) is 4. The number of urea groups is 1. The molecule has 4 rings (SSSR count). The molecule has 31 heavy (non-hydrogen) atoms. The number of rotatable bonds is 6. The minimum absolute atomic E-state index is 0.0594. The summed E-state index contributed by atoms with van der Waals surface area (Å²) in [5.41, 5.74) is 2.11. The predicted molar refractivity (Wildman–Crippen MR) is 118 cm³/mol. The summed E-state index contributed by atoms with van der Waals surface area (Å²) in [5.74, 6) is 1.59. The van der Waals surface area contributed by atoms with E-state index in [4.69, 9.17) is 14.7 Å². The number of hydrogen-bond donors (Lipinski definition) is 1. The summed E-state index contributed by atoms with van der Waals surface area (Å²) < 4.78 is 4.77. The molecule has 1 aromatic rings. The normalized spacial score (nSPS) is 26.8. The fourth-order valence-corrected chi connectivity index (χ4v) is 5.38. The van der Waals surface area contributed by atoms with Crippen molar-refractivity contribution in [1.29, 1.82) is 0 Å². The molecule has 1 saturated carbocycles. The van der Waals surface area contributed by atoms with E-state index in [1.165, 1.54) is 7.11 Å². The van der Waals surface area contributed by atoms with E-state index in [0.29, 0.717) is 30.6 Å². The number of esters is 1. The average Bonchev–Trinajstić information content (AvgIpc) is 3.06. The molecule has 2 fully saturated rings. The summed E-state index contributed by atoms with van der Waals surface area (Å²) in [6.07, 6.45) is 9.35. The zero-order valence-corrected chi connectivity index (χ0v) is 18.8. The maximum atomic E-state index is 12.7. The lowest BCUT2D eigenvalue weighted by atomic mass is 9.77. The van der Waals surface area contributed by atoms with Crippen LogP contribution in [-0.2, 0) is 22.4 Å². The average molecular weight is 430 g/mol. The van der Waals surface area contributed by atoms with Crippen LogP contribution in [0.1, 0.15) is 56.8 Å². The molecular weight excluding hydrogens is 394 g/mol. The molecule has 3 aliphatic rings. The molecule has 1 aromatic heterocycles. The molecule has 8 heteroatoms. The number of methoxy groups -OCH3 is 1. The molecule has 1 atom stereocenters. The second-order valence-electron chi connectivity index (χ2n) is 9.07. The second-order valence-corrected chi connectivity index (χ2v) is 9.07. The number of amides is 2. The molecule has 1 N–H and O–H groups in total. The lowest BCUT2D eigenvalue weighted by Gasteiger charge is -2.35. The van der Waals surface area contributed by atoms with E-state index in [-0.39, 0.29) is 18.0 Å². The third-order valence-corrected chi connectivity index (χ3v) is 7.37. The Hall–Kier alpha value is -2.22. The Labute approximate surface area is 184 Å². The summed E-state index contributed by atoms with van der Waals surface area (Å²) in [4.78, 5) is 38.1. The van der Waals surface area contributed by atoms with E-state index in [2.05, 4.69) is 17.1 Å². The lowest BCUT2D eigenvalue weighted by Crippen LogP contribution is -2.41. The topological polar surface area (TPSA) is 87.7 Å². The molecule has 0 radical (unpaired) electrons. The largest absolute Gasteiger partial charge is 0.469 e. The van der Waals surface area contributed by atoms with Gasteiger partial charge in [0, 0.05) is 38.9 Å². The molecule has 1 saturated heterocycles. The van der Waals surface area contributed by atoms with Gasteiger partial charge in [0.15, 0.2) is 5.82 Å². The summed E-state index contributed by atoms with van der Waals surface area (Å²) >= 11 is 0. The van der Waals surface area contributed by atoms with Crippen LogP contribution in [0.4, 0.5) is 10.6 Å². The smallest absolute Gasteiger partial charge is 0.323 e. The van der Waals surface area contributed by atoms with Crippen molar-refractivity contribution in [2.24, 2.45) is 11.8 Å². The van der Waals surface area contributed by atoms with Gasteiger partial charge in [-0.15, -0.1) is 0 Å². The number of carbonyl (C=O) groups is 2. The molecule has 0 bridgehead atoms. The van der Waals surface area contributed by atoms with Gasteiger partial charge in [-0.2, -0.15) is 0 Å². The number of aromatic nitrogens is 2. The van der Waals surface area contributed by atoms with Gasteiger partial charge < -0.3 is 15.0 Å². The summed E-state index contributed by atoms with van der Waals surface area (Å²) in [6.45, 7) is 5.90. The Morgan fingerprint density at radius 2 is 1.94 bits per heavy atom. The van der Waals surface area contributed by atoms with Crippen molar-refractivity contribution >= 4 is 17.8 Å². The lowest BCUT2D eigenvalue weighted by molar-refractivity contribution is -0.141. The fourth-order valence-electron chi connectivity index (χ4n) is 5.38. The Morgan fingerprint density at radius 1 is 1.19 bits per heavy atom. The first-order chi connectivity index (χ1) is 15.1. The van der Waals surface area contributed by atoms with Crippen molar-refractivity contribution in [3.8, 4) is 0 Å². The minimum Gasteiger partial charge on any atom is -0.469 e. The van der Waals surface area contributed by atoms with Crippen LogP contribution in [0.3, 0.4) is 0 Å². The van der Waals surface area contributed by atoms with E-state index in [1.807, 2.05) is 4.90 Å². The van der Waals surface area contributed by atoms with Gasteiger partial charge in [0.2, 0.25) is 0 Å². The third-order valence-electron chi connectivity index (χ3n) is 7.37. The van der Waals surface area contributed by atoms with Crippen LogP contribution in [0.25, 0.3) is 0 Å². The zero-order chi connectivity index (χ0) is 21.8. The van der Waals surface area contributed by atoms with Crippen molar-refractivity contribution in [3.63, 3.8) is 0 Å². The summed E-state index contributed by atoms with van der Waals surface area (Å²) in [7, 11) is 1.45. The van der Waals surface area contributed by atoms with E-state index in [9.17, 15) is 9.59 Å². The van der Waals surface area contributed by atoms with Crippen LogP contribution >= 0.6 is 0 Å². The van der Waals surface area contributed by atoms with E-state index in [1.54, 1.807) is 6.20 Å². The molecule has 170 valence electrons. The van der Waals surface area contributed by atoms with E-state index in [0.717, 1.165) is 76.0 Å². The Balaban J connectivity index is 1.41. The molecule has 0 spiro atoms. The zero-order valence-electron chi connectivity index (χ0n) is 18.8. The van der Waals surface area contributed by atoms with E-state index >= 15 is 0 Å². The van der Waals surface area contributed by atoms with Crippen LogP contribution in [0.5, 0.6) is 0 Å². The van der Waals surface area contributed by atoms with Gasteiger partial charge in [-0.25, -0.2) is 9.78 Å². The molecular formula is C23H35N5O3. The fraction of sp³-hybridized carbons (Fsp3) is 0.739. The van der Waals surface area contributed by atoms with Crippen molar-refractivity contribution in [2.45, 2.75) is 64.3 Å². The van der Waals surface area contributed by atoms with E-state index < -0.39 is 0 Å². The number of likely N-dealkylation sites (N-methyl/N-ethyl adjacent to an activating group) is 1. The number of nitrogens with one attached hydrogen (secondary N) is 1. The highest BCUT2D eigenvalue weighted by molar-refractivity contribution is 5.94. The van der Waals surface area contributed by atoms with Crippen LogP contribution in [0, 0.1) is 11.8 Å².